The molecule has 31 heavy (non-hydrogen) atoms. The lowest BCUT2D eigenvalue weighted by molar-refractivity contribution is -0.127. The van der Waals surface area contributed by atoms with Gasteiger partial charge in [-0.2, -0.15) is 0 Å². The average molecular weight is 421 g/mol. The second-order valence-electron chi connectivity index (χ2n) is 7.54. The van der Waals surface area contributed by atoms with Gasteiger partial charge in [-0.1, -0.05) is 24.3 Å². The first kappa shape index (κ1) is 20.8. The van der Waals surface area contributed by atoms with Crippen molar-refractivity contribution in [3.63, 3.8) is 0 Å². The van der Waals surface area contributed by atoms with Crippen molar-refractivity contribution in [2.24, 2.45) is 0 Å². The molecule has 0 atom stereocenters. The first-order chi connectivity index (χ1) is 15.1. The summed E-state index contributed by atoms with van der Waals surface area (Å²) in [5.74, 6) is -0.0802. The fourth-order valence-corrected chi connectivity index (χ4v) is 3.91. The smallest absolute Gasteiger partial charge is 0.251 e. The van der Waals surface area contributed by atoms with Crippen LogP contribution in [0.1, 0.15) is 29.6 Å². The second-order valence-corrected chi connectivity index (χ2v) is 7.54. The summed E-state index contributed by atoms with van der Waals surface area (Å²) < 4.78 is 19.6. The quantitative estimate of drug-likeness (QED) is 0.589. The molecule has 0 radical (unpaired) electrons. The van der Waals surface area contributed by atoms with E-state index in [0.717, 1.165) is 36.4 Å². The van der Waals surface area contributed by atoms with E-state index in [9.17, 15) is 14.0 Å². The highest BCUT2D eigenvalue weighted by Gasteiger charge is 2.19. The van der Waals surface area contributed by atoms with Gasteiger partial charge in [0.05, 0.1) is 13.3 Å². The zero-order valence-electron chi connectivity index (χ0n) is 17.4. The minimum absolute atomic E-state index is 0.170. The lowest BCUT2D eigenvalue weighted by Crippen LogP contribution is -2.30. The zero-order valence-corrected chi connectivity index (χ0v) is 17.4. The van der Waals surface area contributed by atoms with Crippen LogP contribution in [0.5, 0.6) is 5.88 Å². The number of halogens is 1. The number of methoxy groups -OCH3 is 1. The molecule has 0 bridgehead atoms. The summed E-state index contributed by atoms with van der Waals surface area (Å²) in [7, 11) is 1.49. The number of carbonyl (C=O) groups excluding carboxylic acids is 2. The number of pyridine rings is 1. The number of carbonyl (C=O) groups is 2. The monoisotopic (exact) mass is 421 g/mol. The molecule has 2 heterocycles. The maximum atomic E-state index is 14.4. The van der Waals surface area contributed by atoms with Crippen LogP contribution in [0.25, 0.3) is 21.9 Å². The van der Waals surface area contributed by atoms with Gasteiger partial charge in [-0.3, -0.25) is 9.59 Å². The third kappa shape index (κ3) is 4.50. The Balaban J connectivity index is 1.48. The molecule has 3 aromatic rings. The van der Waals surface area contributed by atoms with Crippen molar-refractivity contribution in [2.45, 2.75) is 19.3 Å². The fourth-order valence-electron chi connectivity index (χ4n) is 3.91. The van der Waals surface area contributed by atoms with Gasteiger partial charge in [-0.15, -0.1) is 0 Å². The molecule has 1 saturated heterocycles. The van der Waals surface area contributed by atoms with E-state index in [2.05, 4.69) is 10.3 Å². The van der Waals surface area contributed by atoms with Crippen LogP contribution < -0.4 is 10.1 Å². The van der Waals surface area contributed by atoms with E-state index in [0.29, 0.717) is 42.1 Å². The maximum absolute atomic E-state index is 14.4. The highest BCUT2D eigenvalue weighted by molar-refractivity contribution is 6.02. The van der Waals surface area contributed by atoms with E-state index < -0.39 is 5.82 Å². The number of aromatic nitrogens is 1. The zero-order chi connectivity index (χ0) is 21.8. The van der Waals surface area contributed by atoms with Gasteiger partial charge >= 0.3 is 0 Å². The number of nitrogens with zero attached hydrogens (tertiary/aromatic N) is 2. The summed E-state index contributed by atoms with van der Waals surface area (Å²) in [4.78, 5) is 29.9. The molecule has 1 aliphatic rings. The number of hydrogen-bond acceptors (Lipinski definition) is 4. The Morgan fingerprint density at radius 3 is 2.87 bits per heavy atom. The molecule has 160 valence electrons. The maximum Gasteiger partial charge on any atom is 0.251 e. The SMILES string of the molecule is COc1cc(-c2cccc3cc(C(=O)NCCCN4CCCC4=O)ccc23)c(F)cn1. The van der Waals surface area contributed by atoms with E-state index >= 15 is 0 Å². The van der Waals surface area contributed by atoms with Crippen LogP contribution in [0, 0.1) is 5.82 Å². The summed E-state index contributed by atoms with van der Waals surface area (Å²) in [6.45, 7) is 1.98. The van der Waals surface area contributed by atoms with Gasteiger partial charge in [-0.05, 0) is 41.3 Å². The summed E-state index contributed by atoms with van der Waals surface area (Å²) in [6.07, 6.45) is 3.41. The molecule has 4 rings (SSSR count). The van der Waals surface area contributed by atoms with Gasteiger partial charge in [0.15, 0.2) is 0 Å². The van der Waals surface area contributed by atoms with Crippen molar-refractivity contribution in [3.8, 4) is 17.0 Å². The molecule has 1 fully saturated rings. The Morgan fingerprint density at radius 1 is 1.23 bits per heavy atom. The molecule has 7 heteroatoms. The minimum Gasteiger partial charge on any atom is -0.481 e. The Kier molecular flexibility index (Phi) is 6.11. The molecule has 0 unspecified atom stereocenters. The van der Waals surface area contributed by atoms with E-state index in [4.69, 9.17) is 4.74 Å². The average Bonchev–Trinajstić information content (AvgIpc) is 3.20. The molecular weight excluding hydrogens is 397 g/mol. The van der Waals surface area contributed by atoms with Crippen LogP contribution in [0.3, 0.4) is 0 Å². The number of amides is 2. The van der Waals surface area contributed by atoms with Crippen LogP contribution >= 0.6 is 0 Å². The highest BCUT2D eigenvalue weighted by atomic mass is 19.1. The number of benzene rings is 2. The van der Waals surface area contributed by atoms with Gasteiger partial charge in [0.25, 0.3) is 5.91 Å². The van der Waals surface area contributed by atoms with E-state index in [1.54, 1.807) is 18.2 Å². The number of rotatable bonds is 7. The topological polar surface area (TPSA) is 71.5 Å². The Bertz CT molecular complexity index is 1130. The molecule has 0 aliphatic carbocycles. The number of fused-ring (bicyclic) bond motifs is 1. The third-order valence-electron chi connectivity index (χ3n) is 5.53. The molecule has 2 amide bonds. The van der Waals surface area contributed by atoms with Gasteiger partial charge in [0.2, 0.25) is 11.8 Å². The van der Waals surface area contributed by atoms with E-state index in [-0.39, 0.29) is 11.8 Å². The Labute approximate surface area is 180 Å². The summed E-state index contributed by atoms with van der Waals surface area (Å²) in [5.41, 5.74) is 1.64. The van der Waals surface area contributed by atoms with Crippen molar-refractivity contribution in [1.82, 2.24) is 15.2 Å². The molecule has 1 aromatic heterocycles. The second kappa shape index (κ2) is 9.12. The first-order valence-corrected chi connectivity index (χ1v) is 10.4. The van der Waals surface area contributed by atoms with Crippen LogP contribution in [0.2, 0.25) is 0 Å². The molecule has 0 spiro atoms. The largest absolute Gasteiger partial charge is 0.481 e. The minimum atomic E-state index is -0.438. The lowest BCUT2D eigenvalue weighted by atomic mass is 9.97. The Morgan fingerprint density at radius 2 is 2.10 bits per heavy atom. The van der Waals surface area contributed by atoms with Crippen molar-refractivity contribution in [1.29, 1.82) is 0 Å². The van der Waals surface area contributed by atoms with Gasteiger partial charge in [0, 0.05) is 43.2 Å². The van der Waals surface area contributed by atoms with Crippen molar-refractivity contribution >= 4 is 22.6 Å². The predicted molar refractivity (Wildman–Crippen MR) is 116 cm³/mol. The third-order valence-corrected chi connectivity index (χ3v) is 5.53. The van der Waals surface area contributed by atoms with Crippen molar-refractivity contribution in [3.05, 3.63) is 60.0 Å². The summed E-state index contributed by atoms with van der Waals surface area (Å²) in [5, 5.41) is 4.58. The number of likely N-dealkylation sites (tertiary alicyclic amines) is 1. The van der Waals surface area contributed by atoms with Crippen molar-refractivity contribution in [2.75, 3.05) is 26.7 Å². The van der Waals surface area contributed by atoms with E-state index in [1.807, 2.05) is 29.2 Å². The normalized spacial score (nSPS) is 13.6. The van der Waals surface area contributed by atoms with Gasteiger partial charge in [-0.25, -0.2) is 9.37 Å². The number of ether oxygens (including phenoxy) is 1. The lowest BCUT2D eigenvalue weighted by Gasteiger charge is -2.15. The molecule has 6 nitrogen and oxygen atoms in total. The summed E-state index contributed by atoms with van der Waals surface area (Å²) in [6, 6.07) is 12.5. The molecule has 2 aromatic carbocycles. The van der Waals surface area contributed by atoms with E-state index in [1.165, 1.54) is 7.11 Å². The standard InChI is InChI=1S/C24H24FN3O3/c1-31-22-14-20(21(25)15-27-22)19-6-2-5-16-13-17(8-9-18(16)19)24(30)26-10-4-12-28-11-3-7-23(28)29/h2,5-6,8-9,13-15H,3-4,7,10-12H2,1H3,(H,26,30). The molecule has 1 N–H and O–H groups in total. The van der Waals surface area contributed by atoms with Crippen LogP contribution in [-0.2, 0) is 4.79 Å². The molecule has 0 saturated carbocycles. The fraction of sp³-hybridized carbons (Fsp3) is 0.292. The Hall–Kier alpha value is -3.48. The van der Waals surface area contributed by atoms with Gasteiger partial charge in [0.1, 0.15) is 5.82 Å². The van der Waals surface area contributed by atoms with Crippen LogP contribution in [-0.4, -0.2) is 48.4 Å². The summed E-state index contributed by atoms with van der Waals surface area (Å²) >= 11 is 0. The molecular formula is C24H24FN3O3. The van der Waals surface area contributed by atoms with Gasteiger partial charge < -0.3 is 15.0 Å². The predicted octanol–water partition coefficient (Wildman–Crippen LogP) is 3.79. The molecule has 1 aliphatic heterocycles. The van der Waals surface area contributed by atoms with Crippen LogP contribution in [0.4, 0.5) is 4.39 Å². The van der Waals surface area contributed by atoms with Crippen LogP contribution in [0.15, 0.2) is 48.7 Å². The first-order valence-electron chi connectivity index (χ1n) is 10.4. The number of nitrogens with one attached hydrogen (secondary N) is 1. The highest BCUT2D eigenvalue weighted by Crippen LogP contribution is 2.32. The number of hydrogen-bond donors (Lipinski definition) is 1. The van der Waals surface area contributed by atoms with Crippen molar-refractivity contribution < 1.29 is 18.7 Å².